The minimum atomic E-state index is 0.138. The van der Waals surface area contributed by atoms with Crippen molar-refractivity contribution < 1.29 is 10.1 Å². The Hall–Kier alpha value is -1.61. The lowest BCUT2D eigenvalue weighted by Crippen LogP contribution is -2.18. The maximum Gasteiger partial charge on any atom is 0.275 e. The number of hydrogen-bond donors (Lipinski definition) is 2. The van der Waals surface area contributed by atoms with Gasteiger partial charge in [0, 0.05) is 10.9 Å². The number of aromatic nitrogens is 1. The number of anilines is 1. The number of aromatic amines is 1. The molecule has 0 aliphatic rings. The molecule has 0 spiro atoms. The smallest absolute Gasteiger partial charge is 0.275 e. The van der Waals surface area contributed by atoms with Gasteiger partial charge in [0.1, 0.15) is 12.1 Å². The zero-order valence-electron chi connectivity index (χ0n) is 9.67. The second kappa shape index (κ2) is 4.49. The first-order chi connectivity index (χ1) is 7.70. The Kier molecular flexibility index (Phi) is 3.06. The molecule has 0 saturated heterocycles. The lowest BCUT2D eigenvalue weighted by atomic mass is 10.1. The second-order valence-electron chi connectivity index (χ2n) is 4.07. The van der Waals surface area contributed by atoms with Gasteiger partial charge < -0.3 is 5.11 Å². The van der Waals surface area contributed by atoms with E-state index in [1.165, 1.54) is 10.9 Å². The molecule has 3 N–H and O–H groups in total. The molecule has 0 radical (unpaired) electrons. The van der Waals surface area contributed by atoms with Crippen LogP contribution >= 0.6 is 0 Å². The zero-order chi connectivity index (χ0) is 11.5. The van der Waals surface area contributed by atoms with Crippen molar-refractivity contribution in [2.75, 3.05) is 18.5 Å². The Labute approximate surface area is 95.1 Å². The molecule has 0 amide bonds. The van der Waals surface area contributed by atoms with Gasteiger partial charge in [-0.25, -0.2) is 4.98 Å². The molecule has 16 heavy (non-hydrogen) atoms. The molecule has 1 heterocycles. The fourth-order valence-electron chi connectivity index (χ4n) is 1.81. The predicted molar refractivity (Wildman–Crippen MR) is 65.6 cm³/mol. The number of fused-ring (bicyclic) bond motifs is 1. The molecule has 84 valence electrons. The average molecular weight is 217 g/mol. The first-order valence-corrected chi connectivity index (χ1v) is 5.49. The van der Waals surface area contributed by atoms with Crippen molar-refractivity contribution in [1.82, 2.24) is 0 Å². The molecular weight excluding hydrogens is 200 g/mol. The highest BCUT2D eigenvalue weighted by Gasteiger charge is 2.08. The number of hydrogen-bond acceptors (Lipinski definition) is 2. The summed E-state index contributed by atoms with van der Waals surface area (Å²) < 4.78 is 0. The monoisotopic (exact) mass is 217 g/mol. The molecule has 0 saturated carbocycles. The number of aryl methyl sites for hydroxylation is 2. The van der Waals surface area contributed by atoms with Crippen molar-refractivity contribution >= 4 is 16.7 Å². The van der Waals surface area contributed by atoms with Gasteiger partial charge in [-0.15, -0.1) is 0 Å². The Balaban J connectivity index is 2.46. The van der Waals surface area contributed by atoms with Crippen molar-refractivity contribution in [3.05, 3.63) is 35.4 Å². The first kappa shape index (κ1) is 10.9. The van der Waals surface area contributed by atoms with E-state index in [1.54, 1.807) is 0 Å². The minimum absolute atomic E-state index is 0.138. The third-order valence-electron chi connectivity index (χ3n) is 2.65. The number of H-pyrrole nitrogens is 1. The van der Waals surface area contributed by atoms with Crippen molar-refractivity contribution in [1.29, 1.82) is 0 Å². The average Bonchev–Trinajstić information content (AvgIpc) is 2.27. The van der Waals surface area contributed by atoms with Gasteiger partial charge in [-0.3, -0.25) is 5.32 Å². The predicted octanol–water partition coefficient (Wildman–Crippen LogP) is 1.67. The van der Waals surface area contributed by atoms with Gasteiger partial charge in [0.25, 0.3) is 5.82 Å². The van der Waals surface area contributed by atoms with E-state index >= 15 is 0 Å². The lowest BCUT2D eigenvalue weighted by molar-refractivity contribution is -0.328. The van der Waals surface area contributed by atoms with Crippen LogP contribution in [-0.2, 0) is 0 Å². The third-order valence-corrected chi connectivity index (χ3v) is 2.65. The maximum atomic E-state index is 8.80. The Morgan fingerprint density at radius 2 is 2.06 bits per heavy atom. The molecule has 2 rings (SSSR count). The van der Waals surface area contributed by atoms with E-state index in [4.69, 9.17) is 5.11 Å². The number of rotatable bonds is 3. The lowest BCUT2D eigenvalue weighted by Gasteiger charge is -2.03. The van der Waals surface area contributed by atoms with E-state index in [0.717, 1.165) is 16.9 Å². The van der Waals surface area contributed by atoms with Crippen LogP contribution in [0.25, 0.3) is 10.9 Å². The van der Waals surface area contributed by atoms with Crippen molar-refractivity contribution in [3.8, 4) is 0 Å². The maximum absolute atomic E-state index is 8.80. The minimum Gasteiger partial charge on any atom is -0.392 e. The van der Waals surface area contributed by atoms with Gasteiger partial charge in [-0.05, 0) is 31.5 Å². The van der Waals surface area contributed by atoms with E-state index in [-0.39, 0.29) is 6.61 Å². The summed E-state index contributed by atoms with van der Waals surface area (Å²) in [5, 5.41) is 13.2. The Morgan fingerprint density at radius 1 is 1.25 bits per heavy atom. The Morgan fingerprint density at radius 3 is 2.81 bits per heavy atom. The summed E-state index contributed by atoms with van der Waals surface area (Å²) in [4.78, 5) is 3.35. The van der Waals surface area contributed by atoms with E-state index in [2.05, 4.69) is 48.4 Å². The molecule has 2 aromatic rings. The van der Waals surface area contributed by atoms with E-state index in [0.29, 0.717) is 6.54 Å². The highest BCUT2D eigenvalue weighted by molar-refractivity contribution is 5.78. The molecule has 0 aliphatic heterocycles. The SMILES string of the molecule is Cc1ccc2cc(C)c(NCCO)[nH+]c2c1. The zero-order valence-corrected chi connectivity index (χ0v) is 9.67. The first-order valence-electron chi connectivity index (χ1n) is 5.49. The van der Waals surface area contributed by atoms with Crippen LogP contribution in [0.1, 0.15) is 11.1 Å². The molecular formula is C13H17N2O+. The summed E-state index contributed by atoms with van der Waals surface area (Å²) in [5.41, 5.74) is 3.51. The largest absolute Gasteiger partial charge is 0.392 e. The summed E-state index contributed by atoms with van der Waals surface area (Å²) in [6.45, 7) is 4.83. The molecule has 0 unspecified atom stereocenters. The molecule has 1 aromatic carbocycles. The van der Waals surface area contributed by atoms with Gasteiger partial charge in [0.15, 0.2) is 0 Å². The summed E-state index contributed by atoms with van der Waals surface area (Å²) in [5.74, 6) is 0.979. The van der Waals surface area contributed by atoms with E-state index in [1.807, 2.05) is 0 Å². The second-order valence-corrected chi connectivity index (χ2v) is 4.07. The molecule has 3 heteroatoms. The number of aliphatic hydroxyl groups is 1. The van der Waals surface area contributed by atoms with Gasteiger partial charge in [0.2, 0.25) is 0 Å². The van der Waals surface area contributed by atoms with Crippen LogP contribution in [0, 0.1) is 13.8 Å². The van der Waals surface area contributed by atoms with Crippen LogP contribution in [0.5, 0.6) is 0 Å². The number of nitrogens with one attached hydrogen (secondary N) is 2. The van der Waals surface area contributed by atoms with Crippen LogP contribution in [0.3, 0.4) is 0 Å². The van der Waals surface area contributed by atoms with Crippen LogP contribution < -0.4 is 10.3 Å². The van der Waals surface area contributed by atoms with Crippen molar-refractivity contribution in [2.45, 2.75) is 13.8 Å². The molecule has 0 atom stereocenters. The number of pyridine rings is 1. The van der Waals surface area contributed by atoms with Crippen molar-refractivity contribution in [3.63, 3.8) is 0 Å². The fraction of sp³-hybridized carbons (Fsp3) is 0.308. The summed E-state index contributed by atoms with van der Waals surface area (Å²) in [6.07, 6.45) is 0. The molecule has 1 aromatic heterocycles. The number of benzene rings is 1. The molecule has 0 aliphatic carbocycles. The van der Waals surface area contributed by atoms with Gasteiger partial charge in [0.05, 0.1) is 6.61 Å². The molecule has 0 bridgehead atoms. The highest BCUT2D eigenvalue weighted by Crippen LogP contribution is 2.16. The van der Waals surface area contributed by atoms with Crippen LogP contribution in [-0.4, -0.2) is 18.3 Å². The third kappa shape index (κ3) is 2.14. The Bertz CT molecular complexity index is 509. The van der Waals surface area contributed by atoms with E-state index in [9.17, 15) is 0 Å². The summed E-state index contributed by atoms with van der Waals surface area (Å²) in [7, 11) is 0. The standard InChI is InChI=1S/C13H16N2O/c1-9-3-4-11-8-10(2)13(14-5-6-16)15-12(11)7-9/h3-4,7-8,16H,5-6H2,1-2H3,(H,14,15)/p+1. The van der Waals surface area contributed by atoms with Gasteiger partial charge >= 0.3 is 0 Å². The fourth-order valence-corrected chi connectivity index (χ4v) is 1.81. The van der Waals surface area contributed by atoms with Gasteiger partial charge in [-0.2, -0.15) is 0 Å². The topological polar surface area (TPSA) is 46.4 Å². The van der Waals surface area contributed by atoms with Crippen LogP contribution in [0.4, 0.5) is 5.82 Å². The van der Waals surface area contributed by atoms with E-state index < -0.39 is 0 Å². The van der Waals surface area contributed by atoms with Crippen LogP contribution in [0.15, 0.2) is 24.3 Å². The summed E-state index contributed by atoms with van der Waals surface area (Å²) >= 11 is 0. The van der Waals surface area contributed by atoms with Gasteiger partial charge in [-0.1, -0.05) is 12.1 Å². The van der Waals surface area contributed by atoms with Crippen LogP contribution in [0.2, 0.25) is 0 Å². The molecule has 0 fully saturated rings. The van der Waals surface area contributed by atoms with Crippen molar-refractivity contribution in [2.24, 2.45) is 0 Å². The normalized spacial score (nSPS) is 10.7. The summed E-state index contributed by atoms with van der Waals surface area (Å²) in [6, 6.07) is 8.49. The quantitative estimate of drug-likeness (QED) is 0.821. The highest BCUT2D eigenvalue weighted by atomic mass is 16.3. The molecule has 3 nitrogen and oxygen atoms in total. The number of aliphatic hydroxyl groups excluding tert-OH is 1.